The Morgan fingerprint density at radius 2 is 1.86 bits per heavy atom. The molecule has 1 unspecified atom stereocenters. The summed E-state index contributed by atoms with van der Waals surface area (Å²) in [7, 11) is 0. The second-order valence-electron chi connectivity index (χ2n) is 6.94. The number of amides is 1. The minimum absolute atomic E-state index is 0.0643. The first-order valence-electron chi connectivity index (χ1n) is 9.10. The summed E-state index contributed by atoms with van der Waals surface area (Å²) in [6, 6.07) is 10.2. The Morgan fingerprint density at radius 3 is 2.48 bits per heavy atom. The molecule has 6 nitrogen and oxygen atoms in total. The van der Waals surface area contributed by atoms with Crippen molar-refractivity contribution in [2.45, 2.75) is 26.8 Å². The first-order chi connectivity index (χ1) is 13.9. The van der Waals surface area contributed by atoms with Gasteiger partial charge in [-0.25, -0.2) is 4.98 Å². The summed E-state index contributed by atoms with van der Waals surface area (Å²) in [6.07, 6.45) is 3.21. The molecule has 0 saturated carbocycles. The van der Waals surface area contributed by atoms with E-state index in [0.717, 1.165) is 10.6 Å². The van der Waals surface area contributed by atoms with Gasteiger partial charge in [-0.2, -0.15) is 0 Å². The van der Waals surface area contributed by atoms with Crippen molar-refractivity contribution in [2.24, 2.45) is 0 Å². The van der Waals surface area contributed by atoms with Gasteiger partial charge in [0.15, 0.2) is 5.76 Å². The second-order valence-corrected chi connectivity index (χ2v) is 8.14. The molecule has 1 aromatic carbocycles. The van der Waals surface area contributed by atoms with E-state index in [1.54, 1.807) is 37.5 Å². The number of carbonyl (C=O) groups is 2. The van der Waals surface area contributed by atoms with Crippen LogP contribution in [-0.4, -0.2) is 26.8 Å². The van der Waals surface area contributed by atoms with Gasteiger partial charge in [0.2, 0.25) is 5.78 Å². The van der Waals surface area contributed by atoms with Crippen molar-refractivity contribution in [3.05, 3.63) is 86.8 Å². The molecular weight excluding hydrogens is 386 g/mol. The number of aryl methyl sites for hydroxylation is 3. The normalized spacial score (nSPS) is 16.6. The second kappa shape index (κ2) is 7.25. The predicted octanol–water partition coefficient (Wildman–Crippen LogP) is 4.25. The van der Waals surface area contributed by atoms with Crippen molar-refractivity contribution in [3.8, 4) is 0 Å². The SMILES string of the molecule is Cc1cccc(N2C(=O)C(O)=C(C(=O)c3sc(C)nc3C)C2c2ccncc2)c1. The smallest absolute Gasteiger partial charge is 0.294 e. The van der Waals surface area contributed by atoms with Gasteiger partial charge in [0.1, 0.15) is 0 Å². The molecule has 4 rings (SSSR count). The van der Waals surface area contributed by atoms with Crippen molar-refractivity contribution < 1.29 is 14.7 Å². The first-order valence-corrected chi connectivity index (χ1v) is 9.92. The van der Waals surface area contributed by atoms with E-state index in [4.69, 9.17) is 0 Å². The van der Waals surface area contributed by atoms with Gasteiger partial charge in [0.05, 0.1) is 27.2 Å². The number of anilines is 1. The molecule has 0 spiro atoms. The van der Waals surface area contributed by atoms with Crippen molar-refractivity contribution >= 4 is 28.7 Å². The number of carbonyl (C=O) groups excluding carboxylic acids is 2. The monoisotopic (exact) mass is 405 g/mol. The van der Waals surface area contributed by atoms with Gasteiger partial charge in [-0.05, 0) is 56.2 Å². The van der Waals surface area contributed by atoms with Crippen molar-refractivity contribution in [1.82, 2.24) is 9.97 Å². The number of aliphatic hydroxyl groups is 1. The lowest BCUT2D eigenvalue weighted by Crippen LogP contribution is -2.31. The van der Waals surface area contributed by atoms with Crippen LogP contribution in [0.1, 0.15) is 37.5 Å². The Hall–Kier alpha value is -3.32. The first kappa shape index (κ1) is 19.0. The van der Waals surface area contributed by atoms with Gasteiger partial charge in [-0.1, -0.05) is 12.1 Å². The maximum atomic E-state index is 13.4. The van der Waals surface area contributed by atoms with E-state index in [1.165, 1.54) is 16.2 Å². The van der Waals surface area contributed by atoms with Gasteiger partial charge >= 0.3 is 0 Å². The molecule has 1 N–H and O–H groups in total. The highest BCUT2D eigenvalue weighted by Crippen LogP contribution is 2.42. The number of ketones is 1. The molecule has 0 fully saturated rings. The van der Waals surface area contributed by atoms with Crippen LogP contribution in [0.5, 0.6) is 0 Å². The highest BCUT2D eigenvalue weighted by atomic mass is 32.1. The lowest BCUT2D eigenvalue weighted by atomic mass is 9.95. The Bertz CT molecular complexity index is 1150. The summed E-state index contributed by atoms with van der Waals surface area (Å²) in [6.45, 7) is 5.50. The summed E-state index contributed by atoms with van der Waals surface area (Å²) < 4.78 is 0. The summed E-state index contributed by atoms with van der Waals surface area (Å²) >= 11 is 1.26. The Morgan fingerprint density at radius 1 is 1.14 bits per heavy atom. The number of rotatable bonds is 4. The van der Waals surface area contributed by atoms with Crippen LogP contribution < -0.4 is 4.90 Å². The molecule has 1 atom stereocenters. The van der Waals surface area contributed by atoms with Gasteiger partial charge in [0.25, 0.3) is 5.91 Å². The number of aromatic nitrogens is 2. The minimum atomic E-state index is -0.749. The average molecular weight is 405 g/mol. The zero-order chi connectivity index (χ0) is 20.7. The Labute approximate surface area is 172 Å². The number of hydrogen-bond acceptors (Lipinski definition) is 6. The van der Waals surface area contributed by atoms with Crippen LogP contribution in [-0.2, 0) is 4.79 Å². The molecule has 3 heterocycles. The Balaban J connectivity index is 1.90. The quantitative estimate of drug-likeness (QED) is 0.656. The molecule has 0 aliphatic carbocycles. The number of Topliss-reactive ketones (excluding diaryl/α,β-unsaturated/α-hetero) is 1. The van der Waals surface area contributed by atoms with E-state index in [1.807, 2.05) is 32.0 Å². The molecule has 3 aromatic rings. The largest absolute Gasteiger partial charge is 0.503 e. The van der Waals surface area contributed by atoms with Crippen molar-refractivity contribution in [1.29, 1.82) is 0 Å². The van der Waals surface area contributed by atoms with Crippen LogP contribution in [0.4, 0.5) is 5.69 Å². The topological polar surface area (TPSA) is 83.4 Å². The predicted molar refractivity (Wildman–Crippen MR) is 111 cm³/mol. The fourth-order valence-electron chi connectivity index (χ4n) is 3.61. The Kier molecular flexibility index (Phi) is 4.76. The molecule has 146 valence electrons. The minimum Gasteiger partial charge on any atom is -0.503 e. The highest BCUT2D eigenvalue weighted by molar-refractivity contribution is 7.14. The zero-order valence-electron chi connectivity index (χ0n) is 16.2. The van der Waals surface area contributed by atoms with Crippen LogP contribution in [0.25, 0.3) is 0 Å². The molecular formula is C22H19N3O3S. The third kappa shape index (κ3) is 3.23. The maximum absolute atomic E-state index is 13.4. The molecule has 2 aromatic heterocycles. The van der Waals surface area contributed by atoms with Crippen LogP contribution in [0.3, 0.4) is 0 Å². The number of hydrogen-bond donors (Lipinski definition) is 1. The van der Waals surface area contributed by atoms with Crippen LogP contribution in [0.2, 0.25) is 0 Å². The van der Waals surface area contributed by atoms with E-state index in [2.05, 4.69) is 9.97 Å². The van der Waals surface area contributed by atoms with Crippen molar-refractivity contribution in [2.75, 3.05) is 4.90 Å². The van der Waals surface area contributed by atoms with Crippen LogP contribution >= 0.6 is 11.3 Å². The third-order valence-corrected chi connectivity index (χ3v) is 5.94. The maximum Gasteiger partial charge on any atom is 0.294 e. The molecule has 0 saturated heterocycles. The standard InChI is InChI=1S/C22H19N3O3S/c1-12-5-4-6-16(11-12)25-18(15-7-9-23-10-8-15)17(20(27)22(25)28)19(26)21-13(2)24-14(3)29-21/h4-11,18,27H,1-3H3. The number of thiazole rings is 1. The molecule has 1 aliphatic rings. The van der Waals surface area contributed by atoms with Crippen LogP contribution in [0.15, 0.2) is 60.1 Å². The summed E-state index contributed by atoms with van der Waals surface area (Å²) in [5.41, 5.74) is 2.93. The van der Waals surface area contributed by atoms with E-state index in [-0.39, 0.29) is 11.4 Å². The number of aliphatic hydroxyl groups excluding tert-OH is 1. The van der Waals surface area contributed by atoms with E-state index < -0.39 is 17.7 Å². The van der Waals surface area contributed by atoms with Gasteiger partial charge in [-0.15, -0.1) is 11.3 Å². The van der Waals surface area contributed by atoms with Crippen molar-refractivity contribution in [3.63, 3.8) is 0 Å². The van der Waals surface area contributed by atoms with Gasteiger partial charge in [-0.3, -0.25) is 19.5 Å². The van der Waals surface area contributed by atoms with E-state index >= 15 is 0 Å². The summed E-state index contributed by atoms with van der Waals surface area (Å²) in [5, 5.41) is 11.5. The number of benzene rings is 1. The summed E-state index contributed by atoms with van der Waals surface area (Å²) in [4.78, 5) is 36.8. The van der Waals surface area contributed by atoms with E-state index in [9.17, 15) is 14.7 Å². The number of nitrogens with zero attached hydrogens (tertiary/aromatic N) is 3. The molecule has 0 radical (unpaired) electrons. The van der Waals surface area contributed by atoms with Gasteiger partial charge < -0.3 is 5.11 Å². The highest BCUT2D eigenvalue weighted by Gasteiger charge is 2.45. The zero-order valence-corrected chi connectivity index (χ0v) is 17.0. The third-order valence-electron chi connectivity index (χ3n) is 4.86. The van der Waals surface area contributed by atoms with Gasteiger partial charge in [0, 0.05) is 18.1 Å². The summed E-state index contributed by atoms with van der Waals surface area (Å²) in [5.74, 6) is -1.50. The number of pyridine rings is 1. The fraction of sp³-hybridized carbons (Fsp3) is 0.182. The lowest BCUT2D eigenvalue weighted by molar-refractivity contribution is -0.117. The lowest BCUT2D eigenvalue weighted by Gasteiger charge is -2.27. The molecule has 29 heavy (non-hydrogen) atoms. The fourth-order valence-corrected chi connectivity index (χ4v) is 4.48. The molecule has 1 aliphatic heterocycles. The molecule has 7 heteroatoms. The molecule has 1 amide bonds. The van der Waals surface area contributed by atoms with E-state index in [0.29, 0.717) is 21.8 Å². The molecule has 0 bridgehead atoms. The average Bonchev–Trinajstić information content (AvgIpc) is 3.18. The van der Waals surface area contributed by atoms with Crippen LogP contribution in [0, 0.1) is 20.8 Å².